The third-order valence-electron chi connectivity index (χ3n) is 4.87. The average Bonchev–Trinajstić information content (AvgIpc) is 3.41. The molecule has 0 fully saturated rings. The zero-order valence-electron chi connectivity index (χ0n) is 16.5. The van der Waals surface area contributed by atoms with Gasteiger partial charge in [-0.25, -0.2) is 18.7 Å². The minimum atomic E-state index is -0.321. The lowest BCUT2D eigenvalue weighted by atomic mass is 10.0. The zero-order valence-corrected chi connectivity index (χ0v) is 16.5. The largest absolute Gasteiger partial charge is 0.311 e. The van der Waals surface area contributed by atoms with Gasteiger partial charge in [0.05, 0.1) is 0 Å². The molecule has 10 heteroatoms. The van der Waals surface area contributed by atoms with Crippen molar-refractivity contribution in [3.63, 3.8) is 0 Å². The lowest BCUT2D eigenvalue weighted by Gasteiger charge is -2.11. The van der Waals surface area contributed by atoms with Crippen LogP contribution in [0, 0.1) is 5.82 Å². The van der Waals surface area contributed by atoms with Gasteiger partial charge in [0, 0.05) is 43.3 Å². The van der Waals surface area contributed by atoms with Crippen molar-refractivity contribution >= 4 is 17.6 Å². The van der Waals surface area contributed by atoms with Gasteiger partial charge in [-0.05, 0) is 42.0 Å². The number of hydrogen-bond acceptors (Lipinski definition) is 6. The van der Waals surface area contributed by atoms with E-state index in [1.54, 1.807) is 40.1 Å². The van der Waals surface area contributed by atoms with E-state index >= 15 is 0 Å². The predicted octanol–water partition coefficient (Wildman–Crippen LogP) is 2.96. The van der Waals surface area contributed by atoms with Crippen LogP contribution in [-0.2, 0) is 11.2 Å². The van der Waals surface area contributed by atoms with Crippen LogP contribution in [0.15, 0.2) is 60.2 Å². The summed E-state index contributed by atoms with van der Waals surface area (Å²) >= 11 is 0. The van der Waals surface area contributed by atoms with Crippen LogP contribution in [0.3, 0.4) is 0 Å². The fourth-order valence-electron chi connectivity index (χ4n) is 3.45. The molecule has 0 spiro atoms. The van der Waals surface area contributed by atoms with Crippen LogP contribution in [0.2, 0.25) is 0 Å². The molecule has 4 aromatic rings. The van der Waals surface area contributed by atoms with Gasteiger partial charge in [-0.2, -0.15) is 10.2 Å². The van der Waals surface area contributed by atoms with E-state index in [2.05, 4.69) is 25.6 Å². The van der Waals surface area contributed by atoms with Crippen LogP contribution in [0.4, 0.5) is 10.2 Å². The van der Waals surface area contributed by atoms with E-state index in [9.17, 15) is 9.18 Å². The molecule has 154 valence electrons. The van der Waals surface area contributed by atoms with Crippen LogP contribution in [0.5, 0.6) is 0 Å². The number of halogens is 1. The first-order valence-corrected chi connectivity index (χ1v) is 9.63. The standard InChI is InChI=1S/C21H17FN8O/c1-13(31)25-18-10-15(8-9-23-18)17-11-29(20-7-6-19-26-24-12-30(19)27-20)28-21(17)14-2-4-16(22)5-3-14/h2-5,8-12H,6-7H2,1H3,(H,23,25,31). The van der Waals surface area contributed by atoms with Gasteiger partial charge < -0.3 is 5.32 Å². The number of aryl methyl sites for hydroxylation is 1. The summed E-state index contributed by atoms with van der Waals surface area (Å²) in [6.07, 6.45) is 6.40. The minimum Gasteiger partial charge on any atom is -0.311 e. The molecule has 31 heavy (non-hydrogen) atoms. The normalized spacial score (nSPS) is 12.9. The number of hydrogen-bond donors (Lipinski definition) is 1. The quantitative estimate of drug-likeness (QED) is 0.553. The minimum absolute atomic E-state index is 0.208. The van der Waals surface area contributed by atoms with Gasteiger partial charge >= 0.3 is 0 Å². The van der Waals surface area contributed by atoms with Crippen molar-refractivity contribution in [1.29, 1.82) is 0 Å². The van der Waals surface area contributed by atoms with Crippen LogP contribution >= 0.6 is 0 Å². The Morgan fingerprint density at radius 2 is 1.97 bits per heavy atom. The van der Waals surface area contributed by atoms with Gasteiger partial charge in [0.15, 0.2) is 11.7 Å². The van der Waals surface area contributed by atoms with Crippen molar-refractivity contribution < 1.29 is 9.18 Å². The highest BCUT2D eigenvalue weighted by atomic mass is 19.1. The van der Waals surface area contributed by atoms with Crippen LogP contribution in [-0.4, -0.2) is 41.4 Å². The molecule has 1 aliphatic heterocycles. The second-order valence-corrected chi connectivity index (χ2v) is 7.06. The fraction of sp³-hybridized carbons (Fsp3) is 0.143. The molecule has 1 aromatic carbocycles. The zero-order chi connectivity index (χ0) is 21.4. The smallest absolute Gasteiger partial charge is 0.222 e. The van der Waals surface area contributed by atoms with E-state index in [0.29, 0.717) is 24.4 Å². The number of benzene rings is 1. The highest BCUT2D eigenvalue weighted by molar-refractivity contribution is 5.91. The number of nitrogens with zero attached hydrogens (tertiary/aromatic N) is 7. The molecular formula is C21H17FN8O. The Morgan fingerprint density at radius 3 is 2.77 bits per heavy atom. The number of pyridine rings is 1. The fourth-order valence-corrected chi connectivity index (χ4v) is 3.45. The molecular weight excluding hydrogens is 399 g/mol. The molecule has 0 bridgehead atoms. The summed E-state index contributed by atoms with van der Waals surface area (Å²) in [5.41, 5.74) is 3.04. The van der Waals surface area contributed by atoms with E-state index in [1.165, 1.54) is 19.1 Å². The summed E-state index contributed by atoms with van der Waals surface area (Å²) in [4.78, 5) is 15.6. The summed E-state index contributed by atoms with van der Waals surface area (Å²) in [5.74, 6) is 1.44. The third kappa shape index (κ3) is 3.70. The van der Waals surface area contributed by atoms with E-state index in [0.717, 1.165) is 28.4 Å². The van der Waals surface area contributed by atoms with E-state index < -0.39 is 0 Å². The Bertz CT molecular complexity index is 1310. The number of carbonyl (C=O) groups is 1. The molecule has 0 atom stereocenters. The van der Waals surface area contributed by atoms with E-state index in [1.807, 2.05) is 12.3 Å². The lowest BCUT2D eigenvalue weighted by molar-refractivity contribution is -0.114. The van der Waals surface area contributed by atoms with Crippen LogP contribution in [0.1, 0.15) is 19.2 Å². The number of amides is 1. The summed E-state index contributed by atoms with van der Waals surface area (Å²) < 4.78 is 16.9. The first-order valence-electron chi connectivity index (χ1n) is 9.63. The van der Waals surface area contributed by atoms with Crippen molar-refractivity contribution in [2.75, 3.05) is 5.32 Å². The number of carbonyl (C=O) groups excluding carboxylic acids is 1. The number of rotatable bonds is 3. The molecule has 5 rings (SSSR count). The maximum Gasteiger partial charge on any atom is 0.222 e. The van der Waals surface area contributed by atoms with Crippen molar-refractivity contribution in [3.05, 3.63) is 66.8 Å². The monoisotopic (exact) mass is 416 g/mol. The average molecular weight is 416 g/mol. The number of anilines is 1. The topological polar surface area (TPSA) is 103 Å². The molecule has 0 saturated carbocycles. The van der Waals surface area contributed by atoms with Crippen LogP contribution in [0.25, 0.3) is 22.4 Å². The second kappa shape index (κ2) is 7.56. The van der Waals surface area contributed by atoms with Gasteiger partial charge in [0.1, 0.15) is 23.7 Å². The van der Waals surface area contributed by atoms with Gasteiger partial charge in [0.2, 0.25) is 5.91 Å². The highest BCUT2D eigenvalue weighted by Crippen LogP contribution is 2.32. The van der Waals surface area contributed by atoms with Crippen molar-refractivity contribution in [2.45, 2.75) is 19.8 Å². The van der Waals surface area contributed by atoms with Crippen molar-refractivity contribution in [1.82, 2.24) is 29.6 Å². The molecule has 9 nitrogen and oxygen atoms in total. The molecule has 3 aromatic heterocycles. The molecule has 1 N–H and O–H groups in total. The highest BCUT2D eigenvalue weighted by Gasteiger charge is 2.20. The summed E-state index contributed by atoms with van der Waals surface area (Å²) in [6.45, 7) is 1.43. The molecule has 4 heterocycles. The molecule has 0 radical (unpaired) electrons. The Morgan fingerprint density at radius 1 is 1.13 bits per heavy atom. The number of fused-ring (bicyclic) bond motifs is 1. The van der Waals surface area contributed by atoms with Crippen LogP contribution < -0.4 is 5.32 Å². The lowest BCUT2D eigenvalue weighted by Crippen LogP contribution is -2.20. The summed E-state index contributed by atoms with van der Waals surface area (Å²) in [6, 6.07) is 9.77. The Kier molecular flexibility index (Phi) is 4.58. The Hall–Kier alpha value is -4.21. The van der Waals surface area contributed by atoms with E-state index in [-0.39, 0.29) is 11.7 Å². The molecule has 0 unspecified atom stereocenters. The van der Waals surface area contributed by atoms with Crippen molar-refractivity contribution in [2.24, 2.45) is 5.10 Å². The molecule has 1 aliphatic rings. The summed E-state index contributed by atoms with van der Waals surface area (Å²) in [5, 5.41) is 20.0. The molecule has 0 saturated heterocycles. The Labute approximate surface area is 176 Å². The SMILES string of the molecule is CC(=O)Nc1cc(-c2cn(C3=Nn4cnnc4CC3)nc2-c2ccc(F)cc2)ccn1. The van der Waals surface area contributed by atoms with Gasteiger partial charge in [0.25, 0.3) is 0 Å². The maximum atomic E-state index is 13.5. The molecule has 0 aliphatic carbocycles. The first kappa shape index (κ1) is 18.8. The Balaban J connectivity index is 1.63. The first-order chi connectivity index (χ1) is 15.1. The third-order valence-corrected chi connectivity index (χ3v) is 4.87. The van der Waals surface area contributed by atoms with E-state index in [4.69, 9.17) is 5.10 Å². The second-order valence-electron chi connectivity index (χ2n) is 7.06. The van der Waals surface area contributed by atoms with Gasteiger partial charge in [-0.15, -0.1) is 10.2 Å². The van der Waals surface area contributed by atoms with Gasteiger partial charge in [-0.1, -0.05) is 0 Å². The number of nitrogens with one attached hydrogen (secondary N) is 1. The van der Waals surface area contributed by atoms with Gasteiger partial charge in [-0.3, -0.25) is 4.79 Å². The molecule has 1 amide bonds. The van der Waals surface area contributed by atoms with Crippen molar-refractivity contribution in [3.8, 4) is 22.4 Å². The maximum absolute atomic E-state index is 13.5. The number of aromatic nitrogens is 6. The predicted molar refractivity (Wildman–Crippen MR) is 112 cm³/mol. The summed E-state index contributed by atoms with van der Waals surface area (Å²) in [7, 11) is 0.